The van der Waals surface area contributed by atoms with Crippen LogP contribution in [0, 0.1) is 5.92 Å². The zero-order chi connectivity index (χ0) is 14.7. The maximum atomic E-state index is 12.2. The van der Waals surface area contributed by atoms with Crippen molar-refractivity contribution in [1.29, 1.82) is 0 Å². The van der Waals surface area contributed by atoms with Gasteiger partial charge in [0.25, 0.3) is 5.91 Å². The quantitative estimate of drug-likeness (QED) is 0.775. The Hall–Kier alpha value is -2.30. The molecule has 0 saturated carbocycles. The van der Waals surface area contributed by atoms with Gasteiger partial charge in [0.15, 0.2) is 0 Å². The molecule has 0 aliphatic carbocycles. The highest BCUT2D eigenvalue weighted by Gasteiger charge is 2.20. The molecule has 1 unspecified atom stereocenters. The zero-order valence-corrected chi connectivity index (χ0v) is 11.6. The van der Waals surface area contributed by atoms with Crippen LogP contribution in [0.5, 0.6) is 0 Å². The smallest absolute Gasteiger partial charge is 0.252 e. The molecule has 4 N–H and O–H groups in total. The van der Waals surface area contributed by atoms with E-state index in [-0.39, 0.29) is 11.8 Å². The zero-order valence-electron chi connectivity index (χ0n) is 11.6. The van der Waals surface area contributed by atoms with E-state index < -0.39 is 11.9 Å². The van der Waals surface area contributed by atoms with Crippen LogP contribution in [0.1, 0.15) is 30.6 Å². The molecule has 1 aromatic heterocycles. The molecule has 0 spiro atoms. The van der Waals surface area contributed by atoms with Crippen molar-refractivity contribution < 1.29 is 9.59 Å². The Bertz CT molecular complexity index is 631. The average Bonchev–Trinajstić information content (AvgIpc) is 2.84. The second kappa shape index (κ2) is 5.77. The van der Waals surface area contributed by atoms with Gasteiger partial charge in [-0.2, -0.15) is 0 Å². The molecule has 106 valence electrons. The van der Waals surface area contributed by atoms with E-state index in [0.29, 0.717) is 12.0 Å². The van der Waals surface area contributed by atoms with Crippen LogP contribution in [0.4, 0.5) is 0 Å². The molecule has 5 heteroatoms. The van der Waals surface area contributed by atoms with Gasteiger partial charge in [-0.1, -0.05) is 19.9 Å². The Morgan fingerprint density at radius 3 is 2.70 bits per heavy atom. The van der Waals surface area contributed by atoms with Crippen LogP contribution >= 0.6 is 0 Å². The molecular formula is C15H19N3O2. The molecule has 1 atom stereocenters. The summed E-state index contributed by atoms with van der Waals surface area (Å²) in [5.41, 5.74) is 6.72. The number of aromatic nitrogens is 1. The highest BCUT2D eigenvalue weighted by atomic mass is 16.2. The number of nitrogens with two attached hydrogens (primary N) is 1. The van der Waals surface area contributed by atoms with Crippen molar-refractivity contribution in [1.82, 2.24) is 10.3 Å². The maximum Gasteiger partial charge on any atom is 0.252 e. The van der Waals surface area contributed by atoms with Gasteiger partial charge in [0.2, 0.25) is 5.91 Å². The fourth-order valence-corrected chi connectivity index (χ4v) is 2.15. The Labute approximate surface area is 117 Å². The minimum atomic E-state index is -0.637. The lowest BCUT2D eigenvalue weighted by Crippen LogP contribution is -2.45. The van der Waals surface area contributed by atoms with Gasteiger partial charge in [0.1, 0.15) is 6.04 Å². The average molecular weight is 273 g/mol. The summed E-state index contributed by atoms with van der Waals surface area (Å²) < 4.78 is 0. The Morgan fingerprint density at radius 1 is 1.30 bits per heavy atom. The Morgan fingerprint density at radius 2 is 2.05 bits per heavy atom. The van der Waals surface area contributed by atoms with E-state index in [1.165, 1.54) is 0 Å². The van der Waals surface area contributed by atoms with Gasteiger partial charge in [0.05, 0.1) is 0 Å². The molecule has 1 heterocycles. The lowest BCUT2D eigenvalue weighted by atomic mass is 10.0. The monoisotopic (exact) mass is 273 g/mol. The van der Waals surface area contributed by atoms with Crippen molar-refractivity contribution in [2.75, 3.05) is 0 Å². The number of rotatable bonds is 5. The van der Waals surface area contributed by atoms with Gasteiger partial charge in [-0.05, 0) is 35.9 Å². The van der Waals surface area contributed by atoms with Crippen molar-refractivity contribution in [3.8, 4) is 0 Å². The number of nitrogens with one attached hydrogen (secondary N) is 2. The van der Waals surface area contributed by atoms with Gasteiger partial charge >= 0.3 is 0 Å². The number of aromatic amines is 1. The topological polar surface area (TPSA) is 88.0 Å². The summed E-state index contributed by atoms with van der Waals surface area (Å²) in [5, 5.41) is 3.73. The second-order valence-corrected chi connectivity index (χ2v) is 5.34. The van der Waals surface area contributed by atoms with E-state index in [4.69, 9.17) is 5.73 Å². The van der Waals surface area contributed by atoms with Crippen LogP contribution in [0.15, 0.2) is 30.5 Å². The predicted molar refractivity (Wildman–Crippen MR) is 78.2 cm³/mol. The minimum absolute atomic E-state index is 0.277. The van der Waals surface area contributed by atoms with Crippen LogP contribution < -0.4 is 11.1 Å². The van der Waals surface area contributed by atoms with Gasteiger partial charge in [0, 0.05) is 17.3 Å². The summed E-state index contributed by atoms with van der Waals surface area (Å²) >= 11 is 0. The molecular weight excluding hydrogens is 254 g/mol. The maximum absolute atomic E-state index is 12.2. The third-order valence-corrected chi connectivity index (χ3v) is 3.17. The van der Waals surface area contributed by atoms with Crippen molar-refractivity contribution in [2.45, 2.75) is 26.3 Å². The number of benzene rings is 1. The van der Waals surface area contributed by atoms with E-state index in [1.807, 2.05) is 32.2 Å². The van der Waals surface area contributed by atoms with Gasteiger partial charge in [-0.25, -0.2) is 0 Å². The van der Waals surface area contributed by atoms with Crippen molar-refractivity contribution in [3.63, 3.8) is 0 Å². The number of hydrogen-bond donors (Lipinski definition) is 3. The first-order valence-electron chi connectivity index (χ1n) is 6.64. The largest absolute Gasteiger partial charge is 0.368 e. The highest BCUT2D eigenvalue weighted by molar-refractivity contribution is 6.00. The van der Waals surface area contributed by atoms with Crippen molar-refractivity contribution in [3.05, 3.63) is 36.0 Å². The lowest BCUT2D eigenvalue weighted by molar-refractivity contribution is -0.120. The molecule has 20 heavy (non-hydrogen) atoms. The van der Waals surface area contributed by atoms with E-state index >= 15 is 0 Å². The molecule has 0 fully saturated rings. The second-order valence-electron chi connectivity index (χ2n) is 5.34. The molecule has 2 rings (SSSR count). The summed E-state index contributed by atoms with van der Waals surface area (Å²) in [6.45, 7) is 3.96. The van der Waals surface area contributed by atoms with E-state index in [0.717, 1.165) is 10.9 Å². The first kappa shape index (κ1) is 14.1. The van der Waals surface area contributed by atoms with Crippen LogP contribution in [-0.4, -0.2) is 22.8 Å². The SMILES string of the molecule is CC(C)CC(NC(=O)c1ccc2cc[nH]c2c1)C(N)=O. The fourth-order valence-electron chi connectivity index (χ4n) is 2.15. The number of hydrogen-bond acceptors (Lipinski definition) is 2. The van der Waals surface area contributed by atoms with Crippen molar-refractivity contribution >= 4 is 22.7 Å². The van der Waals surface area contributed by atoms with Crippen LogP contribution in [0.3, 0.4) is 0 Å². The third-order valence-electron chi connectivity index (χ3n) is 3.17. The van der Waals surface area contributed by atoms with Crippen LogP contribution in [0.25, 0.3) is 10.9 Å². The molecule has 0 aliphatic heterocycles. The van der Waals surface area contributed by atoms with Gasteiger partial charge < -0.3 is 16.0 Å². The molecule has 0 bridgehead atoms. The number of amides is 2. The van der Waals surface area contributed by atoms with Crippen molar-refractivity contribution in [2.24, 2.45) is 11.7 Å². The van der Waals surface area contributed by atoms with Gasteiger partial charge in [-0.15, -0.1) is 0 Å². The number of carbonyl (C=O) groups excluding carboxylic acids is 2. The summed E-state index contributed by atoms with van der Waals surface area (Å²) in [6.07, 6.45) is 2.35. The fraction of sp³-hybridized carbons (Fsp3) is 0.333. The van der Waals surface area contributed by atoms with E-state index in [2.05, 4.69) is 10.3 Å². The van der Waals surface area contributed by atoms with Crippen LogP contribution in [0.2, 0.25) is 0 Å². The lowest BCUT2D eigenvalue weighted by Gasteiger charge is -2.17. The molecule has 2 amide bonds. The summed E-state index contributed by atoms with van der Waals surface area (Å²) in [6, 6.07) is 6.66. The number of fused-ring (bicyclic) bond motifs is 1. The molecule has 0 radical (unpaired) electrons. The first-order chi connectivity index (χ1) is 9.47. The van der Waals surface area contributed by atoms with E-state index in [1.54, 1.807) is 12.1 Å². The molecule has 5 nitrogen and oxygen atoms in total. The molecule has 1 aromatic carbocycles. The molecule has 0 aliphatic rings. The normalized spacial score (nSPS) is 12.6. The number of H-pyrrole nitrogens is 1. The van der Waals surface area contributed by atoms with E-state index in [9.17, 15) is 9.59 Å². The number of primary amides is 1. The summed E-state index contributed by atoms with van der Waals surface area (Å²) in [5.74, 6) is -0.516. The van der Waals surface area contributed by atoms with Gasteiger partial charge in [-0.3, -0.25) is 9.59 Å². The minimum Gasteiger partial charge on any atom is -0.368 e. The summed E-state index contributed by atoms with van der Waals surface area (Å²) in [4.78, 5) is 26.6. The standard InChI is InChI=1S/C15H19N3O2/c1-9(2)7-13(14(16)19)18-15(20)11-4-3-10-5-6-17-12(10)8-11/h3-6,8-9,13,17H,7H2,1-2H3,(H2,16,19)(H,18,20). The molecule has 2 aromatic rings. The highest BCUT2D eigenvalue weighted by Crippen LogP contribution is 2.14. The molecule has 0 saturated heterocycles. The number of carbonyl (C=O) groups is 2. The Kier molecular flexibility index (Phi) is 4.08. The summed E-state index contributed by atoms with van der Waals surface area (Å²) in [7, 11) is 0. The Balaban J connectivity index is 2.15. The third kappa shape index (κ3) is 3.17. The first-order valence-corrected chi connectivity index (χ1v) is 6.64. The van der Waals surface area contributed by atoms with Crippen LogP contribution in [-0.2, 0) is 4.79 Å². The predicted octanol–water partition coefficient (Wildman–Crippen LogP) is 1.80.